The molecule has 2 N–H and O–H groups in total. The van der Waals surface area contributed by atoms with Crippen LogP contribution in [-0.2, 0) is 14.3 Å². The topological polar surface area (TPSA) is 67.4 Å². The minimum absolute atomic E-state index is 0.134. The number of nitrogens with one attached hydrogen (secondary N) is 2. The fourth-order valence-electron chi connectivity index (χ4n) is 1.53. The number of rotatable bonds is 4. The number of anilines is 2. The molecule has 5 heteroatoms. The maximum atomic E-state index is 11.3. The molecule has 1 atom stereocenters. The molecule has 0 radical (unpaired) electrons. The number of methoxy groups -OCH3 is 1. The van der Waals surface area contributed by atoms with E-state index in [0.29, 0.717) is 5.69 Å². The Morgan fingerprint density at radius 2 is 2.00 bits per heavy atom. The van der Waals surface area contributed by atoms with Crippen molar-refractivity contribution in [3.05, 3.63) is 23.8 Å². The molecule has 0 bridgehead atoms. The predicted molar refractivity (Wildman–Crippen MR) is 70.6 cm³/mol. The van der Waals surface area contributed by atoms with Crippen molar-refractivity contribution < 1.29 is 14.3 Å². The first-order chi connectivity index (χ1) is 8.43. The Balaban J connectivity index is 2.87. The smallest absolute Gasteiger partial charge is 0.327 e. The lowest BCUT2D eigenvalue weighted by Gasteiger charge is -2.16. The molecular weight excluding hydrogens is 232 g/mol. The summed E-state index contributed by atoms with van der Waals surface area (Å²) in [6.45, 7) is 5.09. The largest absolute Gasteiger partial charge is 0.467 e. The Labute approximate surface area is 107 Å². The van der Waals surface area contributed by atoms with Crippen LogP contribution >= 0.6 is 0 Å². The average molecular weight is 250 g/mol. The van der Waals surface area contributed by atoms with E-state index in [2.05, 4.69) is 15.4 Å². The zero-order valence-corrected chi connectivity index (χ0v) is 11.0. The number of amides is 1. The van der Waals surface area contributed by atoms with Gasteiger partial charge in [-0.1, -0.05) is 6.07 Å². The van der Waals surface area contributed by atoms with Crippen LogP contribution in [-0.4, -0.2) is 25.0 Å². The second-order valence-electron chi connectivity index (χ2n) is 4.10. The number of benzene rings is 1. The number of hydrogen-bond donors (Lipinski definition) is 2. The molecule has 0 aromatic heterocycles. The van der Waals surface area contributed by atoms with Gasteiger partial charge < -0.3 is 15.4 Å². The lowest BCUT2D eigenvalue weighted by atomic mass is 10.1. The van der Waals surface area contributed by atoms with Crippen LogP contribution in [0.5, 0.6) is 0 Å². The third kappa shape index (κ3) is 3.76. The summed E-state index contributed by atoms with van der Waals surface area (Å²) in [6, 6.07) is 5.03. The summed E-state index contributed by atoms with van der Waals surface area (Å²) in [4.78, 5) is 22.3. The highest BCUT2D eigenvalue weighted by molar-refractivity contribution is 5.89. The van der Waals surface area contributed by atoms with Crippen LogP contribution < -0.4 is 10.6 Å². The molecule has 0 saturated carbocycles. The molecule has 1 unspecified atom stereocenters. The van der Waals surface area contributed by atoms with Gasteiger partial charge in [0.15, 0.2) is 0 Å². The monoisotopic (exact) mass is 250 g/mol. The van der Waals surface area contributed by atoms with Crippen molar-refractivity contribution in [2.45, 2.75) is 26.8 Å². The SMILES string of the molecule is COC(=O)C(C)Nc1cc(NC(C)=O)ccc1C. The minimum atomic E-state index is -0.443. The van der Waals surface area contributed by atoms with Crippen LogP contribution in [0.25, 0.3) is 0 Å². The zero-order chi connectivity index (χ0) is 13.7. The number of aryl methyl sites for hydroxylation is 1. The number of carbonyl (C=O) groups is 2. The summed E-state index contributed by atoms with van der Waals surface area (Å²) >= 11 is 0. The molecule has 0 aliphatic heterocycles. The van der Waals surface area contributed by atoms with Gasteiger partial charge in [-0.05, 0) is 31.5 Å². The van der Waals surface area contributed by atoms with Crippen molar-refractivity contribution in [3.63, 3.8) is 0 Å². The fourth-order valence-corrected chi connectivity index (χ4v) is 1.53. The summed E-state index contributed by atoms with van der Waals surface area (Å²) in [7, 11) is 1.35. The zero-order valence-electron chi connectivity index (χ0n) is 11.0. The molecule has 0 saturated heterocycles. The van der Waals surface area contributed by atoms with Crippen molar-refractivity contribution in [1.29, 1.82) is 0 Å². The Morgan fingerprint density at radius 1 is 1.33 bits per heavy atom. The summed E-state index contributed by atoms with van der Waals surface area (Å²) in [5.74, 6) is -0.467. The van der Waals surface area contributed by atoms with Gasteiger partial charge in [-0.25, -0.2) is 4.79 Å². The van der Waals surface area contributed by atoms with Gasteiger partial charge in [0.1, 0.15) is 6.04 Å². The second-order valence-corrected chi connectivity index (χ2v) is 4.10. The van der Waals surface area contributed by atoms with Crippen molar-refractivity contribution in [2.75, 3.05) is 17.7 Å². The Hall–Kier alpha value is -2.04. The molecule has 98 valence electrons. The van der Waals surface area contributed by atoms with Crippen LogP contribution in [0.2, 0.25) is 0 Å². The Morgan fingerprint density at radius 3 is 2.56 bits per heavy atom. The highest BCUT2D eigenvalue weighted by atomic mass is 16.5. The fraction of sp³-hybridized carbons (Fsp3) is 0.385. The number of ether oxygens (including phenoxy) is 1. The molecule has 0 heterocycles. The predicted octanol–water partition coefficient (Wildman–Crippen LogP) is 1.93. The van der Waals surface area contributed by atoms with Crippen LogP contribution in [0.3, 0.4) is 0 Å². The molecule has 1 amide bonds. The maximum absolute atomic E-state index is 11.3. The first kappa shape index (κ1) is 14.0. The van der Waals surface area contributed by atoms with Crippen molar-refractivity contribution >= 4 is 23.3 Å². The van der Waals surface area contributed by atoms with E-state index in [1.54, 1.807) is 13.0 Å². The minimum Gasteiger partial charge on any atom is -0.467 e. The van der Waals surface area contributed by atoms with Crippen LogP contribution in [0.4, 0.5) is 11.4 Å². The molecular formula is C13H18N2O3. The van der Waals surface area contributed by atoms with E-state index in [0.717, 1.165) is 11.3 Å². The van der Waals surface area contributed by atoms with Gasteiger partial charge >= 0.3 is 5.97 Å². The highest BCUT2D eigenvalue weighted by Gasteiger charge is 2.13. The summed E-state index contributed by atoms with van der Waals surface area (Å²) in [5, 5.41) is 5.74. The lowest BCUT2D eigenvalue weighted by Crippen LogP contribution is -2.27. The molecule has 0 fully saturated rings. The van der Waals surface area contributed by atoms with Gasteiger partial charge in [0.05, 0.1) is 7.11 Å². The number of carbonyl (C=O) groups excluding carboxylic acids is 2. The Kier molecular flexibility index (Phi) is 4.71. The first-order valence-electron chi connectivity index (χ1n) is 5.66. The molecule has 0 spiro atoms. The lowest BCUT2D eigenvalue weighted by molar-refractivity contribution is -0.141. The quantitative estimate of drug-likeness (QED) is 0.801. The first-order valence-corrected chi connectivity index (χ1v) is 5.66. The van der Waals surface area contributed by atoms with Gasteiger partial charge in [-0.3, -0.25) is 4.79 Å². The van der Waals surface area contributed by atoms with Crippen molar-refractivity contribution in [2.24, 2.45) is 0 Å². The molecule has 1 rings (SSSR count). The van der Waals surface area contributed by atoms with E-state index in [1.165, 1.54) is 14.0 Å². The third-order valence-electron chi connectivity index (χ3n) is 2.48. The number of esters is 1. The molecule has 5 nitrogen and oxygen atoms in total. The van der Waals surface area contributed by atoms with Crippen LogP contribution in [0.15, 0.2) is 18.2 Å². The molecule has 0 aliphatic carbocycles. The second kappa shape index (κ2) is 6.05. The Bertz CT molecular complexity index is 458. The molecule has 1 aromatic rings. The van der Waals surface area contributed by atoms with E-state index < -0.39 is 6.04 Å². The maximum Gasteiger partial charge on any atom is 0.327 e. The molecule has 18 heavy (non-hydrogen) atoms. The third-order valence-corrected chi connectivity index (χ3v) is 2.48. The summed E-state index contributed by atoms with van der Waals surface area (Å²) in [6.07, 6.45) is 0. The van der Waals surface area contributed by atoms with Crippen molar-refractivity contribution in [1.82, 2.24) is 0 Å². The summed E-state index contributed by atoms with van der Waals surface area (Å²) < 4.78 is 4.65. The average Bonchev–Trinajstić information content (AvgIpc) is 2.31. The van der Waals surface area contributed by atoms with E-state index in [4.69, 9.17) is 0 Å². The van der Waals surface area contributed by atoms with Gasteiger partial charge in [0, 0.05) is 18.3 Å². The highest BCUT2D eigenvalue weighted by Crippen LogP contribution is 2.21. The van der Waals surface area contributed by atoms with Gasteiger partial charge in [0.25, 0.3) is 0 Å². The van der Waals surface area contributed by atoms with E-state index in [1.807, 2.05) is 19.1 Å². The van der Waals surface area contributed by atoms with E-state index >= 15 is 0 Å². The van der Waals surface area contributed by atoms with Crippen LogP contribution in [0.1, 0.15) is 19.4 Å². The van der Waals surface area contributed by atoms with E-state index in [9.17, 15) is 9.59 Å². The number of hydrogen-bond acceptors (Lipinski definition) is 4. The molecule has 1 aromatic carbocycles. The standard InChI is InChI=1S/C13H18N2O3/c1-8-5-6-11(15-10(3)16)7-12(8)14-9(2)13(17)18-4/h5-7,9,14H,1-4H3,(H,15,16). The van der Waals surface area contributed by atoms with Gasteiger partial charge in [0.2, 0.25) is 5.91 Å². The van der Waals surface area contributed by atoms with Gasteiger partial charge in [-0.2, -0.15) is 0 Å². The van der Waals surface area contributed by atoms with E-state index in [-0.39, 0.29) is 11.9 Å². The van der Waals surface area contributed by atoms with Crippen LogP contribution in [0, 0.1) is 6.92 Å². The van der Waals surface area contributed by atoms with Gasteiger partial charge in [-0.15, -0.1) is 0 Å². The normalized spacial score (nSPS) is 11.6. The van der Waals surface area contributed by atoms with Crippen molar-refractivity contribution in [3.8, 4) is 0 Å². The summed E-state index contributed by atoms with van der Waals surface area (Å²) in [5.41, 5.74) is 2.46. The molecule has 0 aliphatic rings.